The number of phenols is 1. The molecule has 2 N–H and O–H groups in total. The van der Waals surface area contributed by atoms with Crippen molar-refractivity contribution in [1.29, 1.82) is 0 Å². The smallest absolute Gasteiger partial charge is 0.122 e. The summed E-state index contributed by atoms with van der Waals surface area (Å²) in [6, 6.07) is 6.82. The Kier molecular flexibility index (Phi) is 4.35. The number of piperidine rings is 1. The van der Waals surface area contributed by atoms with Crippen LogP contribution < -0.4 is 10.2 Å². The van der Waals surface area contributed by atoms with E-state index in [1.54, 1.807) is 0 Å². The van der Waals surface area contributed by atoms with E-state index in [0.717, 1.165) is 23.7 Å². The molecule has 1 heterocycles. The van der Waals surface area contributed by atoms with Crippen LogP contribution in [0.4, 0.5) is 5.69 Å². The van der Waals surface area contributed by atoms with Gasteiger partial charge in [0.25, 0.3) is 0 Å². The van der Waals surface area contributed by atoms with Crippen LogP contribution in [-0.2, 0) is 0 Å². The number of hydrogen-bond acceptors (Lipinski definition) is 3. The molecule has 0 aliphatic carbocycles. The highest BCUT2D eigenvalue weighted by Crippen LogP contribution is 2.33. The van der Waals surface area contributed by atoms with Crippen molar-refractivity contribution in [2.45, 2.75) is 45.7 Å². The second-order valence-electron chi connectivity index (χ2n) is 5.94. The summed E-state index contributed by atoms with van der Waals surface area (Å²) >= 11 is 0. The first-order chi connectivity index (χ1) is 9.02. The highest BCUT2D eigenvalue weighted by Gasteiger charge is 2.23. The third-order valence-corrected chi connectivity index (χ3v) is 4.36. The van der Waals surface area contributed by atoms with Gasteiger partial charge in [-0.25, -0.2) is 0 Å². The van der Waals surface area contributed by atoms with E-state index in [1.165, 1.54) is 12.8 Å². The molecule has 0 spiro atoms. The molecule has 1 aliphatic heterocycles. The van der Waals surface area contributed by atoms with Crippen molar-refractivity contribution < 1.29 is 5.11 Å². The van der Waals surface area contributed by atoms with Crippen molar-refractivity contribution in [3.8, 4) is 5.75 Å². The van der Waals surface area contributed by atoms with Crippen LogP contribution in [0.1, 0.15) is 45.2 Å². The standard InChI is InChI=1S/C16H26N2O/c1-11-5-6-12(2)18(10-11)14-7-8-15(13(3)17-4)16(19)9-14/h7-9,11-13,17,19H,5-6,10H2,1-4H3. The SMILES string of the molecule is CNC(C)c1ccc(N2CC(C)CCC2C)cc1O. The van der Waals surface area contributed by atoms with Crippen LogP contribution in [0.15, 0.2) is 18.2 Å². The van der Waals surface area contributed by atoms with Gasteiger partial charge in [-0.2, -0.15) is 0 Å². The topological polar surface area (TPSA) is 35.5 Å². The van der Waals surface area contributed by atoms with Crippen LogP contribution in [0.2, 0.25) is 0 Å². The fraction of sp³-hybridized carbons (Fsp3) is 0.625. The lowest BCUT2D eigenvalue weighted by molar-refractivity contribution is 0.389. The van der Waals surface area contributed by atoms with Crippen molar-refractivity contribution in [3.05, 3.63) is 23.8 Å². The average Bonchev–Trinajstić information content (AvgIpc) is 2.40. The molecule has 1 aromatic rings. The number of nitrogens with one attached hydrogen (secondary N) is 1. The van der Waals surface area contributed by atoms with Gasteiger partial charge in [-0.15, -0.1) is 0 Å². The van der Waals surface area contributed by atoms with Crippen molar-refractivity contribution >= 4 is 5.69 Å². The Morgan fingerprint density at radius 2 is 2.05 bits per heavy atom. The molecule has 1 aromatic carbocycles. The van der Waals surface area contributed by atoms with Gasteiger partial charge in [-0.1, -0.05) is 13.0 Å². The predicted octanol–water partition coefficient (Wildman–Crippen LogP) is 3.30. The van der Waals surface area contributed by atoms with Crippen LogP contribution in [0.5, 0.6) is 5.75 Å². The van der Waals surface area contributed by atoms with Gasteiger partial charge in [0, 0.05) is 35.9 Å². The normalized spacial score (nSPS) is 25.4. The Morgan fingerprint density at radius 3 is 2.68 bits per heavy atom. The van der Waals surface area contributed by atoms with Gasteiger partial charge < -0.3 is 15.3 Å². The third kappa shape index (κ3) is 3.03. The lowest BCUT2D eigenvalue weighted by Gasteiger charge is -2.38. The van der Waals surface area contributed by atoms with E-state index >= 15 is 0 Å². The van der Waals surface area contributed by atoms with Crippen molar-refractivity contribution in [1.82, 2.24) is 5.32 Å². The van der Waals surface area contributed by atoms with E-state index in [2.05, 4.69) is 37.1 Å². The summed E-state index contributed by atoms with van der Waals surface area (Å²) in [5.74, 6) is 1.12. The number of rotatable bonds is 3. The quantitative estimate of drug-likeness (QED) is 0.877. The number of anilines is 1. The number of nitrogens with zero attached hydrogens (tertiary/aromatic N) is 1. The Balaban J connectivity index is 2.23. The molecular weight excluding hydrogens is 236 g/mol. The number of phenolic OH excluding ortho intramolecular Hbond substituents is 1. The van der Waals surface area contributed by atoms with Gasteiger partial charge in [-0.3, -0.25) is 0 Å². The van der Waals surface area contributed by atoms with Crippen LogP contribution >= 0.6 is 0 Å². The van der Waals surface area contributed by atoms with Gasteiger partial charge in [-0.05, 0) is 45.7 Å². The largest absolute Gasteiger partial charge is 0.508 e. The second-order valence-corrected chi connectivity index (χ2v) is 5.94. The molecule has 19 heavy (non-hydrogen) atoms. The Hall–Kier alpha value is -1.22. The van der Waals surface area contributed by atoms with E-state index in [0.29, 0.717) is 11.8 Å². The van der Waals surface area contributed by atoms with E-state index in [1.807, 2.05) is 19.2 Å². The highest BCUT2D eigenvalue weighted by molar-refractivity contribution is 5.55. The average molecular weight is 262 g/mol. The van der Waals surface area contributed by atoms with Gasteiger partial charge in [0.05, 0.1) is 0 Å². The Labute approximate surface area is 116 Å². The van der Waals surface area contributed by atoms with Gasteiger partial charge in [0.1, 0.15) is 5.75 Å². The van der Waals surface area contributed by atoms with E-state index in [-0.39, 0.29) is 6.04 Å². The zero-order chi connectivity index (χ0) is 14.0. The Morgan fingerprint density at radius 1 is 1.32 bits per heavy atom. The van der Waals surface area contributed by atoms with Gasteiger partial charge in [0.15, 0.2) is 0 Å². The zero-order valence-corrected chi connectivity index (χ0v) is 12.5. The molecule has 3 heteroatoms. The summed E-state index contributed by atoms with van der Waals surface area (Å²) in [5.41, 5.74) is 2.10. The van der Waals surface area contributed by atoms with Crippen LogP contribution in [0.25, 0.3) is 0 Å². The van der Waals surface area contributed by atoms with Crippen molar-refractivity contribution in [3.63, 3.8) is 0 Å². The maximum absolute atomic E-state index is 10.2. The van der Waals surface area contributed by atoms with E-state index in [4.69, 9.17) is 0 Å². The van der Waals surface area contributed by atoms with Gasteiger partial charge >= 0.3 is 0 Å². The number of aromatic hydroxyl groups is 1. The first-order valence-electron chi connectivity index (χ1n) is 7.29. The van der Waals surface area contributed by atoms with E-state index in [9.17, 15) is 5.11 Å². The summed E-state index contributed by atoms with van der Waals surface area (Å²) in [6.45, 7) is 7.71. The minimum atomic E-state index is 0.173. The number of benzene rings is 1. The lowest BCUT2D eigenvalue weighted by atomic mass is 9.94. The summed E-state index contributed by atoms with van der Waals surface area (Å²) in [7, 11) is 1.91. The fourth-order valence-electron chi connectivity index (χ4n) is 2.88. The summed E-state index contributed by atoms with van der Waals surface area (Å²) < 4.78 is 0. The molecule has 3 unspecified atom stereocenters. The molecule has 1 saturated heterocycles. The summed E-state index contributed by atoms with van der Waals surface area (Å²) in [5, 5.41) is 13.4. The molecule has 1 fully saturated rings. The maximum Gasteiger partial charge on any atom is 0.122 e. The monoisotopic (exact) mass is 262 g/mol. The first-order valence-corrected chi connectivity index (χ1v) is 7.29. The van der Waals surface area contributed by atoms with E-state index < -0.39 is 0 Å². The van der Waals surface area contributed by atoms with Crippen molar-refractivity contribution in [2.24, 2.45) is 5.92 Å². The second kappa shape index (κ2) is 5.83. The maximum atomic E-state index is 10.2. The van der Waals surface area contributed by atoms with Gasteiger partial charge in [0.2, 0.25) is 0 Å². The minimum Gasteiger partial charge on any atom is -0.508 e. The van der Waals surface area contributed by atoms with Crippen LogP contribution in [-0.4, -0.2) is 24.7 Å². The first kappa shape index (κ1) is 14.2. The third-order valence-electron chi connectivity index (χ3n) is 4.36. The highest BCUT2D eigenvalue weighted by atomic mass is 16.3. The molecule has 0 saturated carbocycles. The molecule has 0 aromatic heterocycles. The molecule has 0 radical (unpaired) electrons. The summed E-state index contributed by atoms with van der Waals surface area (Å²) in [4.78, 5) is 2.42. The molecule has 3 nitrogen and oxygen atoms in total. The Bertz CT molecular complexity index is 433. The summed E-state index contributed by atoms with van der Waals surface area (Å²) in [6.07, 6.45) is 2.54. The van der Waals surface area contributed by atoms with Crippen molar-refractivity contribution in [2.75, 3.05) is 18.5 Å². The molecule has 0 amide bonds. The molecule has 106 valence electrons. The molecule has 0 bridgehead atoms. The predicted molar refractivity (Wildman–Crippen MR) is 80.8 cm³/mol. The lowest BCUT2D eigenvalue weighted by Crippen LogP contribution is -2.41. The van der Waals surface area contributed by atoms with Crippen LogP contribution in [0.3, 0.4) is 0 Å². The fourth-order valence-corrected chi connectivity index (χ4v) is 2.88. The molecule has 2 rings (SSSR count). The van der Waals surface area contributed by atoms with Crippen LogP contribution in [0, 0.1) is 5.92 Å². The molecule has 1 aliphatic rings. The molecule has 3 atom stereocenters. The molecular formula is C16H26N2O. The minimum absolute atomic E-state index is 0.173. The number of hydrogen-bond donors (Lipinski definition) is 2. The zero-order valence-electron chi connectivity index (χ0n) is 12.5.